The van der Waals surface area contributed by atoms with E-state index in [0.29, 0.717) is 19.7 Å². The Bertz CT molecular complexity index is 594. The van der Waals surface area contributed by atoms with Gasteiger partial charge in [-0.1, -0.05) is 0 Å². The van der Waals surface area contributed by atoms with Crippen LogP contribution in [0.4, 0.5) is 13.2 Å². The Morgan fingerprint density at radius 3 is 2.91 bits per heavy atom. The number of piperidine rings is 1. The Hall–Kier alpha value is -1.67. The van der Waals surface area contributed by atoms with Crippen LogP contribution in [0.2, 0.25) is 0 Å². The van der Waals surface area contributed by atoms with Crippen LogP contribution in [-0.2, 0) is 10.9 Å². The number of rotatable bonds is 1. The SMILES string of the molecule is CN1CC[C@@H]2OCCN(C(=O)c3cccnc3C(F)(F)F)[C@@H]2C1. The zero-order valence-electron chi connectivity index (χ0n) is 12.7. The van der Waals surface area contributed by atoms with Gasteiger partial charge in [-0.2, -0.15) is 13.2 Å². The van der Waals surface area contributed by atoms with Crippen LogP contribution >= 0.6 is 0 Å². The zero-order valence-corrected chi connectivity index (χ0v) is 12.7. The Morgan fingerprint density at radius 1 is 1.39 bits per heavy atom. The summed E-state index contributed by atoms with van der Waals surface area (Å²) in [6, 6.07) is 2.32. The molecule has 0 radical (unpaired) electrons. The fraction of sp³-hybridized carbons (Fsp3) is 0.600. The molecule has 2 atom stereocenters. The van der Waals surface area contributed by atoms with Crippen molar-refractivity contribution in [1.82, 2.24) is 14.8 Å². The number of ether oxygens (including phenoxy) is 1. The number of aromatic nitrogens is 1. The lowest BCUT2D eigenvalue weighted by molar-refractivity contribution is -0.141. The summed E-state index contributed by atoms with van der Waals surface area (Å²) in [4.78, 5) is 19.7. The van der Waals surface area contributed by atoms with Crippen molar-refractivity contribution in [2.24, 2.45) is 0 Å². The first-order valence-electron chi connectivity index (χ1n) is 7.51. The summed E-state index contributed by atoms with van der Waals surface area (Å²) < 4.78 is 45.0. The minimum Gasteiger partial charge on any atom is -0.374 e. The number of pyridine rings is 1. The second kappa shape index (κ2) is 6.09. The lowest BCUT2D eigenvalue weighted by Gasteiger charge is -2.46. The molecule has 2 fully saturated rings. The minimum absolute atomic E-state index is 0.116. The molecule has 23 heavy (non-hydrogen) atoms. The number of morpholine rings is 1. The third-order valence-electron chi connectivity index (χ3n) is 4.36. The Morgan fingerprint density at radius 2 is 2.17 bits per heavy atom. The van der Waals surface area contributed by atoms with Crippen molar-refractivity contribution in [1.29, 1.82) is 0 Å². The molecule has 0 spiro atoms. The largest absolute Gasteiger partial charge is 0.434 e. The van der Waals surface area contributed by atoms with Crippen LogP contribution in [0.3, 0.4) is 0 Å². The number of carbonyl (C=O) groups excluding carboxylic acids is 1. The van der Waals surface area contributed by atoms with Crippen LogP contribution in [0.1, 0.15) is 22.5 Å². The summed E-state index contributed by atoms with van der Waals surface area (Å²) in [5, 5.41) is 0. The highest BCUT2D eigenvalue weighted by molar-refractivity contribution is 5.95. The average Bonchev–Trinajstić information content (AvgIpc) is 2.53. The Kier molecular flexibility index (Phi) is 4.29. The van der Waals surface area contributed by atoms with Crippen molar-refractivity contribution in [2.75, 3.05) is 33.3 Å². The van der Waals surface area contributed by atoms with Gasteiger partial charge in [-0.05, 0) is 25.6 Å². The van der Waals surface area contributed by atoms with Crippen molar-refractivity contribution in [3.8, 4) is 0 Å². The van der Waals surface area contributed by atoms with Gasteiger partial charge in [0, 0.05) is 25.8 Å². The quantitative estimate of drug-likeness (QED) is 0.786. The maximum Gasteiger partial charge on any atom is 0.434 e. The molecule has 0 N–H and O–H groups in total. The first kappa shape index (κ1) is 16.2. The number of likely N-dealkylation sites (tertiary alicyclic amines) is 1. The highest BCUT2D eigenvalue weighted by Crippen LogP contribution is 2.32. The molecule has 2 saturated heterocycles. The molecule has 1 aromatic heterocycles. The Balaban J connectivity index is 1.91. The first-order chi connectivity index (χ1) is 10.9. The van der Waals surface area contributed by atoms with Crippen molar-refractivity contribution in [3.63, 3.8) is 0 Å². The molecule has 1 aromatic rings. The van der Waals surface area contributed by atoms with Crippen molar-refractivity contribution in [3.05, 3.63) is 29.6 Å². The fourth-order valence-corrected chi connectivity index (χ4v) is 3.24. The number of amides is 1. The van der Waals surface area contributed by atoms with Gasteiger partial charge in [0.2, 0.25) is 0 Å². The van der Waals surface area contributed by atoms with Gasteiger partial charge in [0.05, 0.1) is 24.3 Å². The lowest BCUT2D eigenvalue weighted by atomic mass is 9.98. The number of halogens is 3. The van der Waals surface area contributed by atoms with Crippen molar-refractivity contribution in [2.45, 2.75) is 24.7 Å². The van der Waals surface area contributed by atoms with E-state index in [2.05, 4.69) is 9.88 Å². The average molecular weight is 329 g/mol. The van der Waals surface area contributed by atoms with Crippen LogP contribution in [0.5, 0.6) is 0 Å². The zero-order chi connectivity index (χ0) is 16.6. The molecule has 0 aliphatic carbocycles. The predicted octanol–water partition coefficient (Wildman–Crippen LogP) is 1.65. The smallest absolute Gasteiger partial charge is 0.374 e. The third-order valence-corrected chi connectivity index (χ3v) is 4.36. The van der Waals surface area contributed by atoms with Crippen molar-refractivity contribution >= 4 is 5.91 Å². The second-order valence-electron chi connectivity index (χ2n) is 5.92. The summed E-state index contributed by atoms with van der Waals surface area (Å²) in [5.41, 5.74) is -1.52. The second-order valence-corrected chi connectivity index (χ2v) is 5.92. The van der Waals surface area contributed by atoms with Crippen LogP contribution in [0.15, 0.2) is 18.3 Å². The van der Waals surface area contributed by atoms with E-state index < -0.39 is 23.3 Å². The number of likely N-dealkylation sites (N-methyl/N-ethyl adjacent to an activating group) is 1. The van der Waals surface area contributed by atoms with Crippen LogP contribution in [-0.4, -0.2) is 66.1 Å². The van der Waals surface area contributed by atoms with E-state index in [1.165, 1.54) is 17.0 Å². The highest BCUT2D eigenvalue weighted by atomic mass is 19.4. The molecule has 2 aliphatic rings. The minimum atomic E-state index is -4.65. The number of nitrogens with zero attached hydrogens (tertiary/aromatic N) is 3. The normalized spacial score (nSPS) is 26.0. The molecule has 2 aliphatic heterocycles. The molecule has 126 valence electrons. The molecular weight excluding hydrogens is 311 g/mol. The van der Waals surface area contributed by atoms with E-state index in [0.717, 1.165) is 19.2 Å². The fourth-order valence-electron chi connectivity index (χ4n) is 3.24. The van der Waals surface area contributed by atoms with Crippen LogP contribution in [0.25, 0.3) is 0 Å². The van der Waals surface area contributed by atoms with E-state index in [1.54, 1.807) is 0 Å². The molecule has 0 aromatic carbocycles. The molecule has 0 unspecified atom stereocenters. The summed E-state index contributed by atoms with van der Waals surface area (Å²) in [6.45, 7) is 2.08. The molecule has 8 heteroatoms. The van der Waals surface area contributed by atoms with E-state index >= 15 is 0 Å². The standard InChI is InChI=1S/C15H18F3N3O2/c1-20-6-4-12-11(9-20)21(7-8-23-12)14(22)10-3-2-5-19-13(10)15(16,17)18/h2-3,5,11-12H,4,6-9H2,1H3/t11-,12+/m1/s1. The van der Waals surface area contributed by atoms with Crippen LogP contribution in [0, 0.1) is 0 Å². The van der Waals surface area contributed by atoms with Gasteiger partial charge in [-0.15, -0.1) is 0 Å². The molecule has 5 nitrogen and oxygen atoms in total. The molecular formula is C15H18F3N3O2. The van der Waals surface area contributed by atoms with E-state index in [-0.39, 0.29) is 12.1 Å². The summed E-state index contributed by atoms with van der Waals surface area (Å²) in [5.74, 6) is -0.626. The summed E-state index contributed by atoms with van der Waals surface area (Å²) in [7, 11) is 1.93. The van der Waals surface area contributed by atoms with E-state index in [4.69, 9.17) is 4.74 Å². The monoisotopic (exact) mass is 329 g/mol. The number of carbonyl (C=O) groups is 1. The van der Waals surface area contributed by atoms with Gasteiger partial charge in [0.25, 0.3) is 5.91 Å². The molecule has 3 heterocycles. The molecule has 0 bridgehead atoms. The maximum atomic E-state index is 13.1. The summed E-state index contributed by atoms with van der Waals surface area (Å²) in [6.07, 6.45) is -2.95. The molecule has 3 rings (SSSR count). The van der Waals surface area contributed by atoms with Gasteiger partial charge in [0.15, 0.2) is 5.69 Å². The van der Waals surface area contributed by atoms with Gasteiger partial charge in [-0.3, -0.25) is 9.78 Å². The number of hydrogen-bond donors (Lipinski definition) is 0. The number of hydrogen-bond acceptors (Lipinski definition) is 4. The predicted molar refractivity (Wildman–Crippen MR) is 75.9 cm³/mol. The number of fused-ring (bicyclic) bond motifs is 1. The van der Waals surface area contributed by atoms with E-state index in [9.17, 15) is 18.0 Å². The summed E-state index contributed by atoms with van der Waals surface area (Å²) >= 11 is 0. The van der Waals surface area contributed by atoms with Crippen LogP contribution < -0.4 is 0 Å². The number of alkyl halides is 3. The van der Waals surface area contributed by atoms with E-state index in [1.807, 2.05) is 7.05 Å². The van der Waals surface area contributed by atoms with Crippen molar-refractivity contribution < 1.29 is 22.7 Å². The lowest BCUT2D eigenvalue weighted by Crippen LogP contribution is -2.60. The molecule has 0 saturated carbocycles. The van der Waals surface area contributed by atoms with Gasteiger partial charge >= 0.3 is 6.18 Å². The van der Waals surface area contributed by atoms with Gasteiger partial charge in [-0.25, -0.2) is 0 Å². The third kappa shape index (κ3) is 3.18. The first-order valence-corrected chi connectivity index (χ1v) is 7.51. The maximum absolute atomic E-state index is 13.1. The molecule has 1 amide bonds. The van der Waals surface area contributed by atoms with Gasteiger partial charge < -0.3 is 14.5 Å². The van der Waals surface area contributed by atoms with Gasteiger partial charge in [0.1, 0.15) is 0 Å². The Labute approximate surface area is 132 Å². The highest BCUT2D eigenvalue weighted by Gasteiger charge is 2.42. The topological polar surface area (TPSA) is 45.7 Å².